The van der Waals surface area contributed by atoms with Crippen LogP contribution in [0.1, 0.15) is 13.3 Å². The van der Waals surface area contributed by atoms with Crippen LogP contribution in [0.4, 0.5) is 0 Å². The predicted molar refractivity (Wildman–Crippen MR) is 50.0 cm³/mol. The van der Waals surface area contributed by atoms with E-state index in [0.717, 1.165) is 0 Å². The van der Waals surface area contributed by atoms with Crippen LogP contribution < -0.4 is 0 Å². The van der Waals surface area contributed by atoms with Crippen LogP contribution in [0.2, 0.25) is 0 Å². The number of hydrogen-bond donors (Lipinski definition) is 0. The Balaban J connectivity index is 3.13. The zero-order valence-corrected chi connectivity index (χ0v) is 7.79. The Morgan fingerprint density at radius 3 is 2.77 bits per heavy atom. The molecule has 0 N–H and O–H groups in total. The molecule has 0 atom stereocenters. The van der Waals surface area contributed by atoms with Crippen molar-refractivity contribution in [2.24, 2.45) is 0 Å². The van der Waals surface area contributed by atoms with E-state index in [0.29, 0.717) is 26.2 Å². The SMILES string of the molecule is C#CCCOC/C=C\COC(C)=O. The van der Waals surface area contributed by atoms with E-state index in [-0.39, 0.29) is 5.97 Å². The zero-order chi connectivity index (χ0) is 9.94. The van der Waals surface area contributed by atoms with E-state index in [1.807, 2.05) is 0 Å². The maximum absolute atomic E-state index is 10.3. The van der Waals surface area contributed by atoms with Crippen molar-refractivity contribution in [3.8, 4) is 12.3 Å². The summed E-state index contributed by atoms with van der Waals surface area (Å²) in [6.07, 6.45) is 9.17. The van der Waals surface area contributed by atoms with Gasteiger partial charge in [0.2, 0.25) is 0 Å². The highest BCUT2D eigenvalue weighted by atomic mass is 16.5. The highest BCUT2D eigenvalue weighted by Gasteiger charge is 1.86. The minimum atomic E-state index is -0.280. The van der Waals surface area contributed by atoms with Crippen molar-refractivity contribution in [2.75, 3.05) is 19.8 Å². The van der Waals surface area contributed by atoms with Crippen molar-refractivity contribution in [2.45, 2.75) is 13.3 Å². The van der Waals surface area contributed by atoms with Crippen LogP contribution in [0, 0.1) is 12.3 Å². The summed E-state index contributed by atoms with van der Waals surface area (Å²) in [6.45, 7) is 2.74. The zero-order valence-electron chi connectivity index (χ0n) is 7.79. The minimum absolute atomic E-state index is 0.280. The first-order valence-electron chi connectivity index (χ1n) is 4.07. The fourth-order valence-electron chi connectivity index (χ4n) is 0.584. The number of ether oxygens (including phenoxy) is 2. The van der Waals surface area contributed by atoms with Gasteiger partial charge in [-0.1, -0.05) is 6.08 Å². The van der Waals surface area contributed by atoms with Gasteiger partial charge in [0.1, 0.15) is 6.61 Å². The second-order valence-electron chi connectivity index (χ2n) is 2.30. The van der Waals surface area contributed by atoms with Gasteiger partial charge in [-0.15, -0.1) is 12.3 Å². The Kier molecular flexibility index (Phi) is 7.96. The number of terminal acetylenes is 1. The Hall–Kier alpha value is -1.27. The molecular weight excluding hydrogens is 168 g/mol. The topological polar surface area (TPSA) is 35.5 Å². The normalized spacial score (nSPS) is 9.85. The van der Waals surface area contributed by atoms with Crippen LogP contribution in [0.15, 0.2) is 12.2 Å². The summed E-state index contributed by atoms with van der Waals surface area (Å²) < 4.78 is 9.77. The van der Waals surface area contributed by atoms with Crippen LogP contribution >= 0.6 is 0 Å². The van der Waals surface area contributed by atoms with Crippen molar-refractivity contribution in [3.05, 3.63) is 12.2 Å². The Labute approximate surface area is 78.7 Å². The maximum Gasteiger partial charge on any atom is 0.302 e. The summed E-state index contributed by atoms with van der Waals surface area (Å²) in [5.74, 6) is 2.19. The molecule has 0 aromatic heterocycles. The van der Waals surface area contributed by atoms with Crippen molar-refractivity contribution in [1.29, 1.82) is 0 Å². The lowest BCUT2D eigenvalue weighted by Crippen LogP contribution is -1.98. The number of carbonyl (C=O) groups is 1. The fraction of sp³-hybridized carbons (Fsp3) is 0.500. The van der Waals surface area contributed by atoms with E-state index in [1.54, 1.807) is 12.2 Å². The van der Waals surface area contributed by atoms with Gasteiger partial charge < -0.3 is 9.47 Å². The van der Waals surface area contributed by atoms with E-state index < -0.39 is 0 Å². The molecule has 0 saturated carbocycles. The van der Waals surface area contributed by atoms with Gasteiger partial charge in [0.15, 0.2) is 0 Å². The smallest absolute Gasteiger partial charge is 0.302 e. The Morgan fingerprint density at radius 2 is 2.15 bits per heavy atom. The number of hydrogen-bond acceptors (Lipinski definition) is 3. The summed E-state index contributed by atoms with van der Waals surface area (Å²) in [6, 6.07) is 0. The summed E-state index contributed by atoms with van der Waals surface area (Å²) in [4.78, 5) is 10.3. The number of esters is 1. The molecule has 0 spiro atoms. The van der Waals surface area contributed by atoms with E-state index in [4.69, 9.17) is 11.2 Å². The number of rotatable bonds is 6. The highest BCUT2D eigenvalue weighted by Crippen LogP contribution is 1.83. The van der Waals surface area contributed by atoms with Gasteiger partial charge in [0.25, 0.3) is 0 Å². The third-order valence-corrected chi connectivity index (χ3v) is 1.15. The molecule has 0 bridgehead atoms. The van der Waals surface area contributed by atoms with E-state index in [9.17, 15) is 4.79 Å². The molecule has 0 aliphatic carbocycles. The van der Waals surface area contributed by atoms with Crippen LogP contribution in [0.3, 0.4) is 0 Å². The first-order chi connectivity index (χ1) is 6.27. The first-order valence-corrected chi connectivity index (χ1v) is 4.07. The Morgan fingerprint density at radius 1 is 1.46 bits per heavy atom. The predicted octanol–water partition coefficient (Wildman–Crippen LogP) is 1.15. The Bertz CT molecular complexity index is 201. The average molecular weight is 182 g/mol. The molecule has 0 fully saturated rings. The van der Waals surface area contributed by atoms with Crippen molar-refractivity contribution in [1.82, 2.24) is 0 Å². The molecule has 0 radical (unpaired) electrons. The monoisotopic (exact) mass is 182 g/mol. The largest absolute Gasteiger partial charge is 0.462 e. The van der Waals surface area contributed by atoms with Crippen LogP contribution in [-0.4, -0.2) is 25.8 Å². The molecular formula is C10H14O3. The van der Waals surface area contributed by atoms with Gasteiger partial charge in [-0.25, -0.2) is 0 Å². The number of carbonyl (C=O) groups excluding carboxylic acids is 1. The maximum atomic E-state index is 10.3. The molecule has 0 unspecified atom stereocenters. The van der Waals surface area contributed by atoms with Crippen LogP contribution in [0.25, 0.3) is 0 Å². The summed E-state index contributed by atoms with van der Waals surface area (Å²) >= 11 is 0. The lowest BCUT2D eigenvalue weighted by Gasteiger charge is -1.96. The quantitative estimate of drug-likeness (QED) is 0.267. The molecule has 0 saturated heterocycles. The van der Waals surface area contributed by atoms with Gasteiger partial charge >= 0.3 is 5.97 Å². The lowest BCUT2D eigenvalue weighted by molar-refractivity contribution is -0.139. The van der Waals surface area contributed by atoms with E-state index >= 15 is 0 Å². The molecule has 0 rings (SSSR count). The molecule has 0 heterocycles. The van der Waals surface area contributed by atoms with Crippen molar-refractivity contribution in [3.63, 3.8) is 0 Å². The molecule has 3 heteroatoms. The van der Waals surface area contributed by atoms with Gasteiger partial charge in [-0.3, -0.25) is 4.79 Å². The fourth-order valence-corrected chi connectivity index (χ4v) is 0.584. The third-order valence-electron chi connectivity index (χ3n) is 1.15. The van der Waals surface area contributed by atoms with Gasteiger partial charge in [-0.2, -0.15) is 0 Å². The summed E-state index contributed by atoms with van der Waals surface area (Å²) in [5, 5.41) is 0. The third kappa shape index (κ3) is 10.7. The standard InChI is InChI=1S/C10H14O3/c1-3-4-7-12-8-5-6-9-13-10(2)11/h1,5-6H,4,7-9H2,2H3/b6-5-. The molecule has 0 aromatic rings. The van der Waals surface area contributed by atoms with E-state index in [1.165, 1.54) is 6.92 Å². The second-order valence-corrected chi connectivity index (χ2v) is 2.30. The molecule has 0 aliphatic rings. The highest BCUT2D eigenvalue weighted by molar-refractivity contribution is 5.65. The summed E-state index contributed by atoms with van der Waals surface area (Å²) in [7, 11) is 0. The van der Waals surface area contributed by atoms with Gasteiger partial charge in [0, 0.05) is 13.3 Å². The molecule has 13 heavy (non-hydrogen) atoms. The van der Waals surface area contributed by atoms with E-state index in [2.05, 4.69) is 10.7 Å². The molecule has 0 aromatic carbocycles. The van der Waals surface area contributed by atoms with Crippen LogP contribution in [0.5, 0.6) is 0 Å². The van der Waals surface area contributed by atoms with Crippen molar-refractivity contribution >= 4 is 5.97 Å². The van der Waals surface area contributed by atoms with Crippen molar-refractivity contribution < 1.29 is 14.3 Å². The first kappa shape index (κ1) is 11.7. The molecule has 0 amide bonds. The van der Waals surface area contributed by atoms with Gasteiger partial charge in [0.05, 0.1) is 13.2 Å². The van der Waals surface area contributed by atoms with Gasteiger partial charge in [-0.05, 0) is 6.08 Å². The molecule has 0 aliphatic heterocycles. The molecule has 72 valence electrons. The average Bonchev–Trinajstić information content (AvgIpc) is 2.09. The minimum Gasteiger partial charge on any atom is -0.462 e. The molecule has 3 nitrogen and oxygen atoms in total. The lowest BCUT2D eigenvalue weighted by atomic mass is 10.5. The van der Waals surface area contributed by atoms with Crippen LogP contribution in [-0.2, 0) is 14.3 Å². The summed E-state index contributed by atoms with van der Waals surface area (Å²) in [5.41, 5.74) is 0. The second kappa shape index (κ2) is 8.82.